The molecule has 1 heterocycles. The molecule has 4 heteroatoms. The van der Waals surface area contributed by atoms with E-state index in [1.807, 2.05) is 6.07 Å². The maximum absolute atomic E-state index is 11.6. The van der Waals surface area contributed by atoms with E-state index < -0.39 is 0 Å². The van der Waals surface area contributed by atoms with Crippen molar-refractivity contribution in [2.24, 2.45) is 0 Å². The highest BCUT2D eigenvalue weighted by atomic mass is 16.5. The van der Waals surface area contributed by atoms with E-state index in [9.17, 15) is 4.79 Å². The molecule has 0 N–H and O–H groups in total. The van der Waals surface area contributed by atoms with Crippen molar-refractivity contribution in [1.29, 1.82) is 0 Å². The van der Waals surface area contributed by atoms with E-state index in [0.29, 0.717) is 6.42 Å². The maximum Gasteiger partial charge on any atom is 0.238 e. The van der Waals surface area contributed by atoms with Crippen molar-refractivity contribution in [2.45, 2.75) is 38.5 Å². The standard InChI is InChI=1S/C15H18N2O2/c18-14(15-16-12-19-17-15)11-7-2-1-4-8-13-9-5-3-6-10-13/h3,5-6,9-10,12H,1-2,4,7-8,11H2. The van der Waals surface area contributed by atoms with Gasteiger partial charge in [-0.2, -0.15) is 4.98 Å². The number of benzene rings is 1. The number of carbonyl (C=O) groups is 1. The molecule has 0 radical (unpaired) electrons. The number of nitrogens with zero attached hydrogens (tertiary/aromatic N) is 2. The van der Waals surface area contributed by atoms with E-state index in [4.69, 9.17) is 0 Å². The van der Waals surface area contributed by atoms with Crippen LogP contribution in [0.4, 0.5) is 0 Å². The number of Topliss-reactive ketones (excluding diaryl/α,β-unsaturated/α-hetero) is 1. The van der Waals surface area contributed by atoms with Gasteiger partial charge < -0.3 is 4.52 Å². The van der Waals surface area contributed by atoms with Gasteiger partial charge in [0.2, 0.25) is 18.0 Å². The summed E-state index contributed by atoms with van der Waals surface area (Å²) in [6.45, 7) is 0. The van der Waals surface area contributed by atoms with Gasteiger partial charge in [0.05, 0.1) is 0 Å². The summed E-state index contributed by atoms with van der Waals surface area (Å²) in [5.74, 6) is 0.168. The molecule has 0 aliphatic carbocycles. The first kappa shape index (κ1) is 13.5. The number of ketones is 1. The van der Waals surface area contributed by atoms with Crippen molar-refractivity contribution in [3.8, 4) is 0 Å². The first-order valence-corrected chi connectivity index (χ1v) is 6.70. The highest BCUT2D eigenvalue weighted by molar-refractivity contribution is 5.92. The number of unbranched alkanes of at least 4 members (excludes halogenated alkanes) is 3. The second-order valence-electron chi connectivity index (χ2n) is 4.58. The van der Waals surface area contributed by atoms with Crippen molar-refractivity contribution >= 4 is 5.78 Å². The Kier molecular flexibility index (Phi) is 5.29. The molecule has 2 rings (SSSR count). The van der Waals surface area contributed by atoms with Gasteiger partial charge in [-0.1, -0.05) is 48.3 Å². The van der Waals surface area contributed by atoms with Crippen molar-refractivity contribution in [3.05, 3.63) is 48.1 Å². The van der Waals surface area contributed by atoms with E-state index >= 15 is 0 Å². The normalized spacial score (nSPS) is 10.5. The lowest BCUT2D eigenvalue weighted by molar-refractivity contribution is 0.0966. The molecule has 1 aromatic carbocycles. The van der Waals surface area contributed by atoms with Crippen LogP contribution in [0.2, 0.25) is 0 Å². The van der Waals surface area contributed by atoms with Gasteiger partial charge in [0, 0.05) is 6.42 Å². The minimum absolute atomic E-state index is 0.0307. The molecule has 0 aliphatic heterocycles. The van der Waals surface area contributed by atoms with Gasteiger partial charge in [0.25, 0.3) is 0 Å². The Bertz CT molecular complexity index is 480. The monoisotopic (exact) mass is 258 g/mol. The summed E-state index contributed by atoms with van der Waals surface area (Å²) in [5, 5.41) is 3.54. The molecule has 100 valence electrons. The van der Waals surface area contributed by atoms with Gasteiger partial charge in [-0.15, -0.1) is 0 Å². The Morgan fingerprint density at radius 2 is 1.84 bits per heavy atom. The Morgan fingerprint density at radius 3 is 2.58 bits per heavy atom. The Labute approximate surface area is 112 Å². The molecule has 0 fully saturated rings. The van der Waals surface area contributed by atoms with E-state index in [-0.39, 0.29) is 11.6 Å². The molecule has 4 nitrogen and oxygen atoms in total. The Balaban J connectivity index is 1.54. The van der Waals surface area contributed by atoms with Crippen LogP contribution in [-0.4, -0.2) is 15.9 Å². The van der Waals surface area contributed by atoms with Crippen LogP contribution in [0.5, 0.6) is 0 Å². The van der Waals surface area contributed by atoms with E-state index in [0.717, 1.165) is 25.7 Å². The molecule has 0 saturated carbocycles. The maximum atomic E-state index is 11.6. The number of carbonyl (C=O) groups excluding carboxylic acids is 1. The Morgan fingerprint density at radius 1 is 1.05 bits per heavy atom. The minimum Gasteiger partial charge on any atom is -0.342 e. The van der Waals surface area contributed by atoms with Crippen LogP contribution in [-0.2, 0) is 6.42 Å². The first-order chi connectivity index (χ1) is 9.36. The molecular formula is C15H18N2O2. The van der Waals surface area contributed by atoms with E-state index in [1.165, 1.54) is 18.4 Å². The van der Waals surface area contributed by atoms with Gasteiger partial charge in [-0.05, 0) is 24.8 Å². The van der Waals surface area contributed by atoms with Gasteiger partial charge in [-0.3, -0.25) is 4.79 Å². The molecule has 1 aromatic heterocycles. The second-order valence-corrected chi connectivity index (χ2v) is 4.58. The van der Waals surface area contributed by atoms with Crippen molar-refractivity contribution < 1.29 is 9.32 Å². The Hall–Kier alpha value is -1.97. The number of hydrogen-bond acceptors (Lipinski definition) is 4. The van der Waals surface area contributed by atoms with Crippen molar-refractivity contribution in [3.63, 3.8) is 0 Å². The number of aryl methyl sites for hydroxylation is 1. The quantitative estimate of drug-likeness (QED) is 0.537. The van der Waals surface area contributed by atoms with Crippen LogP contribution in [0.15, 0.2) is 41.2 Å². The molecule has 0 amide bonds. The molecule has 2 aromatic rings. The molecule has 0 spiro atoms. The fourth-order valence-corrected chi connectivity index (χ4v) is 2.02. The van der Waals surface area contributed by atoms with Gasteiger partial charge in [0.1, 0.15) is 0 Å². The van der Waals surface area contributed by atoms with Crippen LogP contribution >= 0.6 is 0 Å². The molecule has 0 bridgehead atoms. The SMILES string of the molecule is O=C(CCCCCCc1ccccc1)c1ncon1. The third kappa shape index (κ3) is 4.66. The van der Waals surface area contributed by atoms with Crippen LogP contribution in [0.1, 0.15) is 48.3 Å². The van der Waals surface area contributed by atoms with Crippen LogP contribution in [0, 0.1) is 0 Å². The van der Waals surface area contributed by atoms with Gasteiger partial charge >= 0.3 is 0 Å². The lowest BCUT2D eigenvalue weighted by Gasteiger charge is -2.01. The summed E-state index contributed by atoms with van der Waals surface area (Å²) >= 11 is 0. The third-order valence-corrected chi connectivity index (χ3v) is 3.07. The van der Waals surface area contributed by atoms with Crippen molar-refractivity contribution in [2.75, 3.05) is 0 Å². The average Bonchev–Trinajstić information content (AvgIpc) is 2.98. The molecular weight excluding hydrogens is 240 g/mol. The van der Waals surface area contributed by atoms with Crippen LogP contribution < -0.4 is 0 Å². The fraction of sp³-hybridized carbons (Fsp3) is 0.400. The number of aromatic nitrogens is 2. The fourth-order valence-electron chi connectivity index (χ4n) is 2.02. The predicted octanol–water partition coefficient (Wildman–Crippen LogP) is 3.45. The average molecular weight is 258 g/mol. The zero-order chi connectivity index (χ0) is 13.3. The smallest absolute Gasteiger partial charge is 0.238 e. The van der Waals surface area contributed by atoms with E-state index in [2.05, 4.69) is 38.9 Å². The van der Waals surface area contributed by atoms with Crippen LogP contribution in [0.25, 0.3) is 0 Å². The lowest BCUT2D eigenvalue weighted by Crippen LogP contribution is -2.01. The highest BCUT2D eigenvalue weighted by Gasteiger charge is 2.09. The molecule has 19 heavy (non-hydrogen) atoms. The molecule has 0 saturated heterocycles. The summed E-state index contributed by atoms with van der Waals surface area (Å²) < 4.78 is 4.55. The largest absolute Gasteiger partial charge is 0.342 e. The zero-order valence-corrected chi connectivity index (χ0v) is 10.9. The minimum atomic E-state index is -0.0307. The summed E-state index contributed by atoms with van der Waals surface area (Å²) in [6, 6.07) is 10.5. The molecule has 0 atom stereocenters. The second kappa shape index (κ2) is 7.46. The first-order valence-electron chi connectivity index (χ1n) is 6.70. The lowest BCUT2D eigenvalue weighted by atomic mass is 10.0. The predicted molar refractivity (Wildman–Crippen MR) is 71.9 cm³/mol. The third-order valence-electron chi connectivity index (χ3n) is 3.07. The zero-order valence-electron chi connectivity index (χ0n) is 10.9. The summed E-state index contributed by atoms with van der Waals surface area (Å²) in [4.78, 5) is 15.3. The summed E-state index contributed by atoms with van der Waals surface area (Å²) in [7, 11) is 0. The summed E-state index contributed by atoms with van der Waals surface area (Å²) in [6.07, 6.45) is 7.07. The topological polar surface area (TPSA) is 56.0 Å². The molecule has 0 unspecified atom stereocenters. The van der Waals surface area contributed by atoms with Gasteiger partial charge in [0.15, 0.2) is 0 Å². The number of rotatable bonds is 8. The summed E-state index contributed by atoms with van der Waals surface area (Å²) in [5.41, 5.74) is 1.38. The van der Waals surface area contributed by atoms with Crippen LogP contribution in [0.3, 0.4) is 0 Å². The van der Waals surface area contributed by atoms with Crippen molar-refractivity contribution in [1.82, 2.24) is 10.1 Å². The number of hydrogen-bond donors (Lipinski definition) is 0. The molecule has 0 aliphatic rings. The van der Waals surface area contributed by atoms with Gasteiger partial charge in [-0.25, -0.2) is 0 Å². The van der Waals surface area contributed by atoms with E-state index in [1.54, 1.807) is 0 Å². The highest BCUT2D eigenvalue weighted by Crippen LogP contribution is 2.10.